The van der Waals surface area contributed by atoms with Crippen LogP contribution in [0.5, 0.6) is 5.06 Å². The number of ether oxygens (including phenoxy) is 1. The lowest BCUT2D eigenvalue weighted by Gasteiger charge is -2.33. The highest BCUT2D eigenvalue weighted by Crippen LogP contribution is 2.51. The predicted molar refractivity (Wildman–Crippen MR) is 116 cm³/mol. The molecule has 30 heavy (non-hydrogen) atoms. The molecule has 0 fully saturated rings. The van der Waals surface area contributed by atoms with Crippen molar-refractivity contribution < 1.29 is 27.7 Å². The zero-order valence-electron chi connectivity index (χ0n) is 17.1. The molecule has 1 aromatic heterocycles. The average molecular weight is 474 g/mol. The first-order valence-corrected chi connectivity index (χ1v) is 12.3. The van der Waals surface area contributed by atoms with Crippen molar-refractivity contribution in [3.8, 4) is 5.06 Å². The van der Waals surface area contributed by atoms with E-state index in [1.807, 2.05) is 29.2 Å². The highest BCUT2D eigenvalue weighted by molar-refractivity contribution is 7.49. The van der Waals surface area contributed by atoms with Crippen LogP contribution in [0.4, 0.5) is 0 Å². The maximum Gasteiger partial charge on any atom is 0.530 e. The molecule has 1 atom stereocenters. The van der Waals surface area contributed by atoms with E-state index >= 15 is 0 Å². The SMILES string of the molecule is CCOP(=O)(OCC)Oc1cc2c(s1)CCN([C@H](C(=O)OC)c1ccccc1Cl)C2. The van der Waals surface area contributed by atoms with Gasteiger partial charge in [0.1, 0.15) is 6.04 Å². The van der Waals surface area contributed by atoms with E-state index in [9.17, 15) is 9.36 Å². The minimum atomic E-state index is -3.65. The standard InChI is InChI=1S/C20H25ClNO6PS/c1-4-26-29(24,27-5-2)28-18-12-14-13-22(11-10-17(14)30-18)19(20(23)25-3)15-8-6-7-9-16(15)21/h6-9,12,19H,4-5,10-11,13H2,1-3H3/t19-/m0/s1. The van der Waals surface area contributed by atoms with E-state index in [1.165, 1.54) is 18.4 Å². The molecule has 0 saturated carbocycles. The van der Waals surface area contributed by atoms with Crippen molar-refractivity contribution in [3.05, 3.63) is 51.4 Å². The molecule has 0 aliphatic carbocycles. The molecule has 2 heterocycles. The number of esters is 1. The molecule has 0 N–H and O–H groups in total. The molecule has 10 heteroatoms. The highest BCUT2D eigenvalue weighted by Gasteiger charge is 2.34. The third-order valence-electron chi connectivity index (χ3n) is 4.64. The number of hydrogen-bond donors (Lipinski definition) is 0. The molecule has 0 unspecified atom stereocenters. The molecule has 1 aromatic carbocycles. The number of thiophene rings is 1. The second-order valence-corrected chi connectivity index (χ2v) is 9.66. The molecular weight excluding hydrogens is 449 g/mol. The largest absolute Gasteiger partial charge is 0.530 e. The number of benzene rings is 1. The quantitative estimate of drug-likeness (QED) is 0.364. The molecule has 0 saturated heterocycles. The van der Waals surface area contributed by atoms with Crippen LogP contribution in [0.1, 0.15) is 35.9 Å². The summed E-state index contributed by atoms with van der Waals surface area (Å²) < 4.78 is 33.8. The van der Waals surface area contributed by atoms with Crippen LogP contribution in [0, 0.1) is 0 Å². The summed E-state index contributed by atoms with van der Waals surface area (Å²) in [6.45, 7) is 5.05. The van der Waals surface area contributed by atoms with E-state index in [2.05, 4.69) is 0 Å². The Hall–Kier alpha value is -1.41. The van der Waals surface area contributed by atoms with Crippen LogP contribution in [0.2, 0.25) is 5.02 Å². The minimum absolute atomic E-state index is 0.217. The number of hydrogen-bond acceptors (Lipinski definition) is 8. The predicted octanol–water partition coefficient (Wildman–Crippen LogP) is 5.23. The molecule has 164 valence electrons. The van der Waals surface area contributed by atoms with Crippen molar-refractivity contribution >= 4 is 36.7 Å². The van der Waals surface area contributed by atoms with Gasteiger partial charge in [0.2, 0.25) is 0 Å². The number of phosphoric acid groups is 1. The number of rotatable bonds is 9. The van der Waals surface area contributed by atoms with Crippen molar-refractivity contribution in [1.82, 2.24) is 4.90 Å². The van der Waals surface area contributed by atoms with Gasteiger partial charge in [0.15, 0.2) is 5.06 Å². The van der Waals surface area contributed by atoms with Gasteiger partial charge in [-0.15, -0.1) is 11.3 Å². The van der Waals surface area contributed by atoms with Crippen LogP contribution in [-0.2, 0) is 36.1 Å². The Morgan fingerprint density at radius 2 is 1.97 bits per heavy atom. The Balaban J connectivity index is 1.83. The Labute approximate surface area is 185 Å². The molecule has 2 aromatic rings. The number of phosphoric ester groups is 1. The topological polar surface area (TPSA) is 74.3 Å². The van der Waals surface area contributed by atoms with Crippen molar-refractivity contribution in [1.29, 1.82) is 0 Å². The van der Waals surface area contributed by atoms with Crippen LogP contribution in [0.15, 0.2) is 30.3 Å². The summed E-state index contributed by atoms with van der Waals surface area (Å²) >= 11 is 7.78. The first-order chi connectivity index (χ1) is 14.4. The van der Waals surface area contributed by atoms with Gasteiger partial charge in [0, 0.05) is 23.0 Å². The number of carbonyl (C=O) groups excluding carboxylic acids is 1. The van der Waals surface area contributed by atoms with Crippen molar-refractivity contribution in [2.75, 3.05) is 26.9 Å². The van der Waals surface area contributed by atoms with E-state index in [0.717, 1.165) is 16.9 Å². The lowest BCUT2D eigenvalue weighted by molar-refractivity contribution is -0.147. The zero-order valence-corrected chi connectivity index (χ0v) is 19.6. The molecular formula is C20H25ClNO6PS. The number of fused-ring (bicyclic) bond motifs is 1. The summed E-state index contributed by atoms with van der Waals surface area (Å²) in [6.07, 6.45) is 0.717. The van der Waals surface area contributed by atoms with Gasteiger partial charge in [-0.25, -0.2) is 9.36 Å². The minimum Gasteiger partial charge on any atom is -0.468 e. The van der Waals surface area contributed by atoms with E-state index < -0.39 is 13.9 Å². The van der Waals surface area contributed by atoms with Gasteiger partial charge in [-0.3, -0.25) is 13.9 Å². The van der Waals surface area contributed by atoms with Crippen LogP contribution < -0.4 is 4.52 Å². The first-order valence-electron chi connectivity index (χ1n) is 9.67. The summed E-state index contributed by atoms with van der Waals surface area (Å²) in [6, 6.07) is 8.49. The summed E-state index contributed by atoms with van der Waals surface area (Å²) in [5.74, 6) is -0.365. The third-order valence-corrected chi connectivity index (χ3v) is 7.79. The highest BCUT2D eigenvalue weighted by atomic mass is 35.5. The fraction of sp³-hybridized carbons (Fsp3) is 0.450. The van der Waals surface area contributed by atoms with Gasteiger partial charge in [-0.1, -0.05) is 29.8 Å². The lowest BCUT2D eigenvalue weighted by atomic mass is 10.0. The Morgan fingerprint density at radius 3 is 2.60 bits per heavy atom. The second kappa shape index (κ2) is 10.3. The van der Waals surface area contributed by atoms with Crippen LogP contribution in [0.25, 0.3) is 0 Å². The van der Waals surface area contributed by atoms with Gasteiger partial charge in [0.25, 0.3) is 0 Å². The van der Waals surface area contributed by atoms with Crippen LogP contribution >= 0.6 is 30.8 Å². The molecule has 0 radical (unpaired) electrons. The van der Waals surface area contributed by atoms with Crippen molar-refractivity contribution in [3.63, 3.8) is 0 Å². The number of methoxy groups -OCH3 is 1. The zero-order chi connectivity index (χ0) is 21.7. The Kier molecular flexibility index (Phi) is 7.96. The van der Waals surface area contributed by atoms with Crippen molar-refractivity contribution in [2.24, 2.45) is 0 Å². The maximum atomic E-state index is 12.7. The Morgan fingerprint density at radius 1 is 1.27 bits per heavy atom. The summed E-state index contributed by atoms with van der Waals surface area (Å²) in [5.41, 5.74) is 1.71. The fourth-order valence-electron chi connectivity index (χ4n) is 3.39. The number of nitrogens with zero attached hydrogens (tertiary/aromatic N) is 1. The van der Waals surface area contributed by atoms with Crippen LogP contribution in [-0.4, -0.2) is 37.7 Å². The summed E-state index contributed by atoms with van der Waals surface area (Å²) in [4.78, 5) is 15.7. The molecule has 3 rings (SSSR count). The van der Waals surface area contributed by atoms with Gasteiger partial charge < -0.3 is 9.26 Å². The molecule has 0 amide bonds. The average Bonchev–Trinajstić information content (AvgIpc) is 3.10. The second-order valence-electron chi connectivity index (χ2n) is 6.56. The van der Waals surface area contributed by atoms with Crippen LogP contribution in [0.3, 0.4) is 0 Å². The number of carbonyl (C=O) groups is 1. The Bertz CT molecular complexity index is 926. The fourth-order valence-corrected chi connectivity index (χ4v) is 6.03. The molecule has 1 aliphatic heterocycles. The number of halogens is 1. The normalized spacial score (nSPS) is 15.5. The smallest absolute Gasteiger partial charge is 0.468 e. The monoisotopic (exact) mass is 473 g/mol. The van der Waals surface area contributed by atoms with Gasteiger partial charge in [-0.2, -0.15) is 0 Å². The van der Waals surface area contributed by atoms with E-state index in [4.69, 9.17) is 29.9 Å². The van der Waals surface area contributed by atoms with E-state index in [1.54, 1.807) is 19.9 Å². The van der Waals surface area contributed by atoms with E-state index in [0.29, 0.717) is 28.7 Å². The summed E-state index contributed by atoms with van der Waals surface area (Å²) in [5, 5.41) is 0.988. The lowest BCUT2D eigenvalue weighted by Crippen LogP contribution is -2.38. The van der Waals surface area contributed by atoms with Gasteiger partial charge in [-0.05, 0) is 43.5 Å². The molecule has 0 spiro atoms. The molecule has 1 aliphatic rings. The van der Waals surface area contributed by atoms with Crippen molar-refractivity contribution in [2.45, 2.75) is 32.9 Å². The van der Waals surface area contributed by atoms with Gasteiger partial charge in [0.05, 0.1) is 20.3 Å². The maximum absolute atomic E-state index is 12.7. The molecule has 0 bridgehead atoms. The summed E-state index contributed by atoms with van der Waals surface area (Å²) in [7, 11) is -2.28. The first kappa shape index (κ1) is 23.3. The molecule has 7 nitrogen and oxygen atoms in total. The van der Waals surface area contributed by atoms with Gasteiger partial charge >= 0.3 is 13.8 Å². The third kappa shape index (κ3) is 5.25. The van der Waals surface area contributed by atoms with E-state index in [-0.39, 0.29) is 19.2 Å².